The normalized spacial score (nSPS) is 10.8. The van der Waals surface area contributed by atoms with Gasteiger partial charge in [-0.3, -0.25) is 4.79 Å². The van der Waals surface area contributed by atoms with Crippen molar-refractivity contribution >= 4 is 23.4 Å². The van der Waals surface area contributed by atoms with Crippen molar-refractivity contribution in [1.82, 2.24) is 20.2 Å². The molecule has 1 heterocycles. The van der Waals surface area contributed by atoms with Crippen molar-refractivity contribution < 1.29 is 9.18 Å². The lowest BCUT2D eigenvalue weighted by atomic mass is 10.1. The molecule has 1 amide bonds. The van der Waals surface area contributed by atoms with Crippen molar-refractivity contribution in [3.63, 3.8) is 0 Å². The van der Waals surface area contributed by atoms with Gasteiger partial charge in [-0.05, 0) is 66.6 Å². The number of thioether (sulfide) groups is 1. The van der Waals surface area contributed by atoms with Crippen LogP contribution in [0.3, 0.4) is 0 Å². The molecule has 1 aromatic heterocycles. The molecule has 0 fully saturated rings. The van der Waals surface area contributed by atoms with Crippen molar-refractivity contribution in [3.05, 3.63) is 58.9 Å². The van der Waals surface area contributed by atoms with E-state index in [1.165, 1.54) is 23.4 Å². The van der Waals surface area contributed by atoms with Gasteiger partial charge in [0.1, 0.15) is 5.82 Å². The topological polar surface area (TPSA) is 72.7 Å². The minimum Gasteiger partial charge on any atom is -0.325 e. The Hall–Kier alpha value is -2.74. The predicted molar refractivity (Wildman–Crippen MR) is 99.1 cm³/mol. The van der Waals surface area contributed by atoms with Crippen LogP contribution in [0.2, 0.25) is 0 Å². The highest BCUT2D eigenvalue weighted by Crippen LogP contribution is 2.21. The minimum atomic E-state index is -0.353. The molecule has 6 nitrogen and oxygen atoms in total. The fraction of sp³-hybridized carbons (Fsp3) is 0.222. The number of aromatic nitrogens is 4. The van der Waals surface area contributed by atoms with Gasteiger partial charge in [-0.2, -0.15) is 4.68 Å². The van der Waals surface area contributed by atoms with Crippen LogP contribution in [-0.2, 0) is 4.79 Å². The van der Waals surface area contributed by atoms with Crippen molar-refractivity contribution in [2.75, 3.05) is 11.1 Å². The number of rotatable bonds is 5. The molecule has 0 aliphatic heterocycles. The number of nitrogens with one attached hydrogen (secondary N) is 1. The number of nitrogens with zero attached hydrogens (tertiary/aromatic N) is 4. The van der Waals surface area contributed by atoms with E-state index in [0.717, 1.165) is 11.3 Å². The van der Waals surface area contributed by atoms with Gasteiger partial charge in [-0.1, -0.05) is 23.9 Å². The molecule has 1 N–H and O–H groups in total. The second-order valence-corrected chi connectivity index (χ2v) is 6.83. The van der Waals surface area contributed by atoms with E-state index < -0.39 is 0 Å². The third kappa shape index (κ3) is 3.91. The van der Waals surface area contributed by atoms with E-state index in [1.54, 1.807) is 23.7 Å². The summed E-state index contributed by atoms with van der Waals surface area (Å²) in [5.74, 6) is -0.492. The lowest BCUT2D eigenvalue weighted by molar-refractivity contribution is -0.113. The first-order valence-electron chi connectivity index (χ1n) is 7.99. The van der Waals surface area contributed by atoms with Crippen molar-refractivity contribution in [1.29, 1.82) is 0 Å². The van der Waals surface area contributed by atoms with Crippen LogP contribution in [-0.4, -0.2) is 31.9 Å². The van der Waals surface area contributed by atoms with Crippen LogP contribution in [0.5, 0.6) is 0 Å². The molecule has 0 radical (unpaired) electrons. The highest BCUT2D eigenvalue weighted by Gasteiger charge is 2.13. The highest BCUT2D eigenvalue weighted by molar-refractivity contribution is 7.99. The quantitative estimate of drug-likeness (QED) is 0.696. The maximum atomic E-state index is 13.6. The molecular formula is C18H18FN5OS. The van der Waals surface area contributed by atoms with Gasteiger partial charge in [-0.15, -0.1) is 5.10 Å². The smallest absolute Gasteiger partial charge is 0.234 e. The van der Waals surface area contributed by atoms with Crippen LogP contribution in [0.1, 0.15) is 16.7 Å². The fourth-order valence-electron chi connectivity index (χ4n) is 2.35. The third-order valence-corrected chi connectivity index (χ3v) is 4.97. The number of anilines is 1. The number of tetrazole rings is 1. The third-order valence-electron chi connectivity index (χ3n) is 4.05. The largest absolute Gasteiger partial charge is 0.325 e. The summed E-state index contributed by atoms with van der Waals surface area (Å²) in [6.07, 6.45) is 0. The van der Waals surface area contributed by atoms with Crippen molar-refractivity contribution in [3.8, 4) is 5.69 Å². The summed E-state index contributed by atoms with van der Waals surface area (Å²) in [5.41, 5.74) is 4.02. The minimum absolute atomic E-state index is 0.112. The molecule has 0 aliphatic carbocycles. The number of halogens is 1. The van der Waals surface area contributed by atoms with Gasteiger partial charge >= 0.3 is 0 Å². The van der Waals surface area contributed by atoms with Gasteiger partial charge in [-0.25, -0.2) is 4.39 Å². The number of hydrogen-bond donors (Lipinski definition) is 1. The Morgan fingerprint density at radius 2 is 2.00 bits per heavy atom. The lowest BCUT2D eigenvalue weighted by Crippen LogP contribution is -2.15. The molecular weight excluding hydrogens is 353 g/mol. The molecule has 3 rings (SSSR count). The Labute approximate surface area is 154 Å². The number of benzene rings is 2. The molecule has 0 bridgehead atoms. The summed E-state index contributed by atoms with van der Waals surface area (Å²) in [4.78, 5) is 12.2. The Morgan fingerprint density at radius 1 is 1.19 bits per heavy atom. The van der Waals surface area contributed by atoms with Crippen LogP contribution in [0.4, 0.5) is 10.1 Å². The summed E-state index contributed by atoms with van der Waals surface area (Å²) in [5, 5.41) is 14.9. The fourth-order valence-corrected chi connectivity index (χ4v) is 3.04. The molecule has 0 atom stereocenters. The molecule has 3 aromatic rings. The maximum absolute atomic E-state index is 13.6. The van der Waals surface area contributed by atoms with E-state index in [2.05, 4.69) is 20.8 Å². The first-order valence-corrected chi connectivity index (χ1v) is 8.98. The average Bonchev–Trinajstić information content (AvgIpc) is 3.08. The zero-order chi connectivity index (χ0) is 18.7. The number of carbonyl (C=O) groups is 1. The van der Waals surface area contributed by atoms with Gasteiger partial charge < -0.3 is 5.32 Å². The van der Waals surface area contributed by atoms with E-state index in [1.807, 2.05) is 32.0 Å². The molecule has 8 heteroatoms. The monoisotopic (exact) mass is 371 g/mol. The van der Waals surface area contributed by atoms with E-state index in [-0.39, 0.29) is 17.5 Å². The van der Waals surface area contributed by atoms with Gasteiger partial charge in [0, 0.05) is 11.3 Å². The molecule has 0 spiro atoms. The van der Waals surface area contributed by atoms with E-state index in [4.69, 9.17) is 0 Å². The number of carbonyl (C=O) groups excluding carboxylic acids is 1. The molecule has 0 aliphatic rings. The van der Waals surface area contributed by atoms with Crippen LogP contribution in [0.25, 0.3) is 5.69 Å². The molecule has 26 heavy (non-hydrogen) atoms. The van der Waals surface area contributed by atoms with Crippen LogP contribution < -0.4 is 5.32 Å². The Morgan fingerprint density at radius 3 is 2.77 bits per heavy atom. The van der Waals surface area contributed by atoms with E-state index in [9.17, 15) is 9.18 Å². The zero-order valence-corrected chi connectivity index (χ0v) is 15.5. The van der Waals surface area contributed by atoms with Crippen molar-refractivity contribution in [2.24, 2.45) is 0 Å². The number of amides is 1. The first kappa shape index (κ1) is 18.1. The van der Waals surface area contributed by atoms with E-state index >= 15 is 0 Å². The van der Waals surface area contributed by atoms with Crippen molar-refractivity contribution in [2.45, 2.75) is 25.9 Å². The molecule has 0 saturated heterocycles. The summed E-state index contributed by atoms with van der Waals surface area (Å²) in [6, 6.07) is 10.5. The lowest BCUT2D eigenvalue weighted by Gasteiger charge is -2.09. The highest BCUT2D eigenvalue weighted by atomic mass is 32.2. The van der Waals surface area contributed by atoms with E-state index in [0.29, 0.717) is 16.4 Å². The van der Waals surface area contributed by atoms with Crippen LogP contribution in [0.15, 0.2) is 41.6 Å². The van der Waals surface area contributed by atoms with Gasteiger partial charge in [0.25, 0.3) is 0 Å². The average molecular weight is 371 g/mol. The number of aryl methyl sites for hydroxylation is 2. The molecule has 0 saturated carbocycles. The second kappa shape index (κ2) is 7.65. The van der Waals surface area contributed by atoms with Crippen LogP contribution in [0, 0.1) is 26.6 Å². The molecule has 134 valence electrons. The predicted octanol–water partition coefficient (Wildman–Crippen LogP) is 3.46. The Bertz CT molecular complexity index is 957. The maximum Gasteiger partial charge on any atom is 0.234 e. The standard InChI is InChI=1S/C18H18FN5OS/c1-11-7-8-14(9-12(11)2)24-18(21-22-23-24)26-10-17(25)20-16-6-4-5-15(19)13(16)3/h4-9H,10H2,1-3H3,(H,20,25). The Balaban J connectivity index is 1.69. The molecule has 0 unspecified atom stereocenters. The summed E-state index contributed by atoms with van der Waals surface area (Å²) < 4.78 is 15.1. The van der Waals surface area contributed by atoms with Gasteiger partial charge in [0.15, 0.2) is 0 Å². The SMILES string of the molecule is Cc1ccc(-n2nnnc2SCC(=O)Nc2cccc(F)c2C)cc1C. The summed E-state index contributed by atoms with van der Waals surface area (Å²) in [6.45, 7) is 5.68. The second-order valence-electron chi connectivity index (χ2n) is 5.89. The first-order chi connectivity index (χ1) is 12.5. The van der Waals surface area contributed by atoms with Crippen LogP contribution >= 0.6 is 11.8 Å². The summed E-state index contributed by atoms with van der Waals surface area (Å²) in [7, 11) is 0. The number of hydrogen-bond acceptors (Lipinski definition) is 5. The van der Waals surface area contributed by atoms with Gasteiger partial charge in [0.05, 0.1) is 11.4 Å². The molecule has 2 aromatic carbocycles. The van der Waals surface area contributed by atoms with Gasteiger partial charge in [0.2, 0.25) is 11.1 Å². The Kier molecular flexibility index (Phi) is 5.32. The zero-order valence-electron chi connectivity index (χ0n) is 14.7. The summed E-state index contributed by atoms with van der Waals surface area (Å²) >= 11 is 1.22.